The van der Waals surface area contributed by atoms with Gasteiger partial charge in [-0.1, -0.05) is 0 Å². The molecule has 0 fully saturated rings. The fraction of sp³-hybridized carbons (Fsp3) is 0.400. The zero-order valence-electron chi connectivity index (χ0n) is 8.36. The van der Waals surface area contributed by atoms with Gasteiger partial charge in [-0.25, -0.2) is 0 Å². The highest BCUT2D eigenvalue weighted by atomic mass is 16.5. The molecule has 0 spiro atoms. The number of nitrogens with one attached hydrogen (secondary N) is 1. The summed E-state index contributed by atoms with van der Waals surface area (Å²) in [4.78, 5) is 15.1. The highest BCUT2D eigenvalue weighted by Gasteiger charge is 2.13. The molecule has 1 aromatic heterocycles. The predicted octanol–water partition coefficient (Wildman–Crippen LogP) is 0.905. The van der Waals surface area contributed by atoms with Crippen LogP contribution in [0.4, 0.5) is 0 Å². The van der Waals surface area contributed by atoms with E-state index in [1.165, 1.54) is 0 Å². The van der Waals surface area contributed by atoms with Crippen LogP contribution in [-0.4, -0.2) is 25.0 Å². The molecule has 4 nitrogen and oxygen atoms in total. The maximum absolute atomic E-state index is 11.1. The van der Waals surface area contributed by atoms with Crippen molar-refractivity contribution in [2.45, 2.75) is 12.5 Å². The lowest BCUT2D eigenvalue weighted by Gasteiger charge is -2.14. The van der Waals surface area contributed by atoms with E-state index in [1.807, 2.05) is 12.1 Å². The van der Waals surface area contributed by atoms with Crippen LogP contribution >= 0.6 is 0 Å². The quantitative estimate of drug-likeness (QED) is 0.775. The number of carbonyl (C=O) groups is 1. The number of hydrogen-bond acceptors (Lipinski definition) is 3. The van der Waals surface area contributed by atoms with E-state index in [0.717, 1.165) is 5.56 Å². The van der Waals surface area contributed by atoms with E-state index >= 15 is 0 Å². The first-order chi connectivity index (χ1) is 6.77. The SMILES string of the molecule is CNC(=O)CC(OC)c1ccncc1. The summed E-state index contributed by atoms with van der Waals surface area (Å²) in [5, 5.41) is 2.56. The van der Waals surface area contributed by atoms with E-state index in [9.17, 15) is 4.79 Å². The molecule has 76 valence electrons. The van der Waals surface area contributed by atoms with Crippen LogP contribution in [0.2, 0.25) is 0 Å². The fourth-order valence-electron chi connectivity index (χ4n) is 1.19. The van der Waals surface area contributed by atoms with Crippen molar-refractivity contribution in [3.05, 3.63) is 30.1 Å². The van der Waals surface area contributed by atoms with Gasteiger partial charge in [0.15, 0.2) is 0 Å². The number of rotatable bonds is 4. The minimum atomic E-state index is -0.196. The minimum Gasteiger partial charge on any atom is -0.376 e. The van der Waals surface area contributed by atoms with E-state index in [-0.39, 0.29) is 12.0 Å². The second-order valence-corrected chi connectivity index (χ2v) is 2.88. The summed E-state index contributed by atoms with van der Waals surface area (Å²) in [5.74, 6) is -0.0336. The molecule has 14 heavy (non-hydrogen) atoms. The third-order valence-electron chi connectivity index (χ3n) is 2.01. The zero-order chi connectivity index (χ0) is 10.4. The largest absolute Gasteiger partial charge is 0.376 e. The van der Waals surface area contributed by atoms with Crippen LogP contribution in [0.3, 0.4) is 0 Å². The lowest BCUT2D eigenvalue weighted by molar-refractivity contribution is -0.123. The summed E-state index contributed by atoms with van der Waals surface area (Å²) in [7, 11) is 3.20. The molecule has 4 heteroatoms. The van der Waals surface area contributed by atoms with Crippen molar-refractivity contribution in [1.29, 1.82) is 0 Å². The van der Waals surface area contributed by atoms with Gasteiger partial charge in [0.25, 0.3) is 0 Å². The Bertz CT molecular complexity index is 287. The average molecular weight is 194 g/mol. The fourth-order valence-corrected chi connectivity index (χ4v) is 1.19. The van der Waals surface area contributed by atoms with Gasteiger partial charge in [-0.3, -0.25) is 9.78 Å². The van der Waals surface area contributed by atoms with Crippen LogP contribution in [0.25, 0.3) is 0 Å². The first-order valence-corrected chi connectivity index (χ1v) is 4.41. The summed E-state index contributed by atoms with van der Waals surface area (Å²) in [6, 6.07) is 3.69. The average Bonchev–Trinajstić information content (AvgIpc) is 2.26. The van der Waals surface area contributed by atoms with Crippen LogP contribution in [0.5, 0.6) is 0 Å². The number of hydrogen-bond donors (Lipinski definition) is 1. The summed E-state index contributed by atoms with van der Waals surface area (Å²) < 4.78 is 5.22. The maximum atomic E-state index is 11.1. The lowest BCUT2D eigenvalue weighted by atomic mass is 10.1. The molecule has 0 aromatic carbocycles. The van der Waals surface area contributed by atoms with E-state index < -0.39 is 0 Å². The van der Waals surface area contributed by atoms with Gasteiger partial charge in [-0.2, -0.15) is 0 Å². The Labute approximate surface area is 83.3 Å². The third kappa shape index (κ3) is 2.81. The van der Waals surface area contributed by atoms with Crippen molar-refractivity contribution in [3.8, 4) is 0 Å². The molecular weight excluding hydrogens is 180 g/mol. The Hall–Kier alpha value is -1.42. The normalized spacial score (nSPS) is 12.1. The molecule has 1 N–H and O–H groups in total. The van der Waals surface area contributed by atoms with Crippen LogP contribution in [0.1, 0.15) is 18.1 Å². The lowest BCUT2D eigenvalue weighted by Crippen LogP contribution is -2.21. The molecule has 0 bridgehead atoms. The van der Waals surface area contributed by atoms with Gasteiger partial charge >= 0.3 is 0 Å². The van der Waals surface area contributed by atoms with E-state index in [4.69, 9.17) is 4.74 Å². The summed E-state index contributed by atoms with van der Waals surface area (Å²) in [6.45, 7) is 0. The van der Waals surface area contributed by atoms with E-state index in [1.54, 1.807) is 26.6 Å². The van der Waals surface area contributed by atoms with Crippen molar-refractivity contribution in [3.63, 3.8) is 0 Å². The van der Waals surface area contributed by atoms with Gasteiger partial charge in [0, 0.05) is 26.6 Å². The molecule has 1 unspecified atom stereocenters. The van der Waals surface area contributed by atoms with Crippen LogP contribution in [0.15, 0.2) is 24.5 Å². The zero-order valence-corrected chi connectivity index (χ0v) is 8.36. The number of aromatic nitrogens is 1. The Kier molecular flexibility index (Phi) is 4.07. The van der Waals surface area contributed by atoms with Crippen LogP contribution < -0.4 is 5.32 Å². The topological polar surface area (TPSA) is 51.2 Å². The molecule has 0 saturated carbocycles. The van der Waals surface area contributed by atoms with Gasteiger partial charge in [0.1, 0.15) is 0 Å². The molecule has 0 aliphatic carbocycles. The van der Waals surface area contributed by atoms with Crippen LogP contribution in [0, 0.1) is 0 Å². The number of nitrogens with zero attached hydrogens (tertiary/aromatic N) is 1. The van der Waals surface area contributed by atoms with Gasteiger partial charge in [-0.15, -0.1) is 0 Å². The van der Waals surface area contributed by atoms with Crippen molar-refractivity contribution in [2.24, 2.45) is 0 Å². The molecule has 0 saturated heterocycles. The molecule has 0 aliphatic rings. The first-order valence-electron chi connectivity index (χ1n) is 4.41. The van der Waals surface area contributed by atoms with Crippen molar-refractivity contribution in [2.75, 3.05) is 14.2 Å². The standard InChI is InChI=1S/C10H14N2O2/c1-11-10(13)7-9(14-2)8-3-5-12-6-4-8/h3-6,9H,7H2,1-2H3,(H,11,13). The predicted molar refractivity (Wildman–Crippen MR) is 52.7 cm³/mol. The maximum Gasteiger partial charge on any atom is 0.222 e. The Balaban J connectivity index is 2.68. The molecule has 0 radical (unpaired) electrons. The minimum absolute atomic E-state index is 0.0336. The molecule has 1 amide bonds. The summed E-state index contributed by atoms with van der Waals surface area (Å²) in [5.41, 5.74) is 0.964. The molecule has 1 aromatic rings. The van der Waals surface area contributed by atoms with Gasteiger partial charge in [0.2, 0.25) is 5.91 Å². The monoisotopic (exact) mass is 194 g/mol. The number of amides is 1. The molecule has 1 rings (SSSR count). The molecular formula is C10H14N2O2. The number of carbonyl (C=O) groups excluding carboxylic acids is 1. The third-order valence-corrected chi connectivity index (χ3v) is 2.01. The van der Waals surface area contributed by atoms with Gasteiger partial charge in [0.05, 0.1) is 12.5 Å². The van der Waals surface area contributed by atoms with E-state index in [2.05, 4.69) is 10.3 Å². The molecule has 1 heterocycles. The van der Waals surface area contributed by atoms with Crippen molar-refractivity contribution >= 4 is 5.91 Å². The summed E-state index contributed by atoms with van der Waals surface area (Å²) in [6.07, 6.45) is 3.51. The Morgan fingerprint density at radius 2 is 2.21 bits per heavy atom. The number of methoxy groups -OCH3 is 1. The Morgan fingerprint density at radius 3 is 2.71 bits per heavy atom. The van der Waals surface area contributed by atoms with Gasteiger partial charge < -0.3 is 10.1 Å². The second kappa shape index (κ2) is 5.34. The van der Waals surface area contributed by atoms with Crippen LogP contribution in [-0.2, 0) is 9.53 Å². The molecule has 0 aliphatic heterocycles. The highest BCUT2D eigenvalue weighted by molar-refractivity contribution is 5.76. The van der Waals surface area contributed by atoms with E-state index in [0.29, 0.717) is 6.42 Å². The highest BCUT2D eigenvalue weighted by Crippen LogP contribution is 2.18. The van der Waals surface area contributed by atoms with Gasteiger partial charge in [-0.05, 0) is 17.7 Å². The number of ether oxygens (including phenoxy) is 1. The van der Waals surface area contributed by atoms with Crippen molar-refractivity contribution in [1.82, 2.24) is 10.3 Å². The summed E-state index contributed by atoms with van der Waals surface area (Å²) >= 11 is 0. The smallest absolute Gasteiger partial charge is 0.222 e. The van der Waals surface area contributed by atoms with Crippen molar-refractivity contribution < 1.29 is 9.53 Å². The Morgan fingerprint density at radius 1 is 1.57 bits per heavy atom. The second-order valence-electron chi connectivity index (χ2n) is 2.88. The number of pyridine rings is 1. The molecule has 1 atom stereocenters. The first kappa shape index (κ1) is 10.7.